The standard InChI is InChI=1S/C10H13Cl2O2P/c11-6-7-14-15(13)10(8-12)9-4-2-1-3-5-9/h1-5,10,15H,6-8H2. The Hall–Kier alpha value is -0.0100. The van der Waals surface area contributed by atoms with E-state index in [9.17, 15) is 4.57 Å². The van der Waals surface area contributed by atoms with Gasteiger partial charge in [-0.15, -0.1) is 23.2 Å². The summed E-state index contributed by atoms with van der Waals surface area (Å²) in [6.45, 7) is 0.305. The van der Waals surface area contributed by atoms with Gasteiger partial charge in [0.05, 0.1) is 12.3 Å². The van der Waals surface area contributed by atoms with Gasteiger partial charge in [0.2, 0.25) is 0 Å². The molecular weight excluding hydrogens is 254 g/mol. The average molecular weight is 267 g/mol. The van der Waals surface area contributed by atoms with Gasteiger partial charge in [-0.3, -0.25) is 4.57 Å². The van der Waals surface area contributed by atoms with Crippen LogP contribution in [-0.4, -0.2) is 18.4 Å². The van der Waals surface area contributed by atoms with E-state index in [-0.39, 0.29) is 5.66 Å². The fourth-order valence-corrected chi connectivity index (χ4v) is 3.07. The maximum atomic E-state index is 11.8. The molecule has 0 fully saturated rings. The molecule has 0 aromatic heterocycles. The molecule has 15 heavy (non-hydrogen) atoms. The summed E-state index contributed by atoms with van der Waals surface area (Å²) in [6.07, 6.45) is 0. The maximum Gasteiger partial charge on any atom is 0.200 e. The molecule has 2 unspecified atom stereocenters. The van der Waals surface area contributed by atoms with Crippen molar-refractivity contribution < 1.29 is 9.09 Å². The Kier molecular flexibility index (Phi) is 6.35. The third kappa shape index (κ3) is 4.16. The molecule has 0 bridgehead atoms. The zero-order valence-corrected chi connectivity index (χ0v) is 10.7. The third-order valence-electron chi connectivity index (χ3n) is 1.96. The predicted molar refractivity (Wildman–Crippen MR) is 65.6 cm³/mol. The molecule has 84 valence electrons. The van der Waals surface area contributed by atoms with Gasteiger partial charge in [-0.2, -0.15) is 0 Å². The molecule has 0 heterocycles. The topological polar surface area (TPSA) is 26.3 Å². The average Bonchev–Trinajstić information content (AvgIpc) is 2.29. The molecule has 0 radical (unpaired) electrons. The summed E-state index contributed by atoms with van der Waals surface area (Å²) < 4.78 is 16.9. The lowest BCUT2D eigenvalue weighted by atomic mass is 10.2. The van der Waals surface area contributed by atoms with Crippen LogP contribution in [0.25, 0.3) is 0 Å². The normalized spacial score (nSPS) is 14.8. The highest BCUT2D eigenvalue weighted by atomic mass is 35.5. The Balaban J connectivity index is 2.67. The molecule has 0 N–H and O–H groups in total. The second-order valence-electron chi connectivity index (χ2n) is 2.97. The number of alkyl halides is 2. The predicted octanol–water partition coefficient (Wildman–Crippen LogP) is 3.70. The van der Waals surface area contributed by atoms with Crippen molar-refractivity contribution in [3.05, 3.63) is 35.9 Å². The van der Waals surface area contributed by atoms with Crippen LogP contribution in [0.15, 0.2) is 30.3 Å². The quantitative estimate of drug-likeness (QED) is 0.580. The van der Waals surface area contributed by atoms with Crippen LogP contribution in [-0.2, 0) is 9.09 Å². The first-order chi connectivity index (χ1) is 7.29. The van der Waals surface area contributed by atoms with Gasteiger partial charge in [-0.1, -0.05) is 30.3 Å². The lowest BCUT2D eigenvalue weighted by molar-refractivity contribution is 0.347. The largest absolute Gasteiger partial charge is 0.329 e. The highest BCUT2D eigenvalue weighted by molar-refractivity contribution is 7.39. The van der Waals surface area contributed by atoms with Crippen LogP contribution in [0.4, 0.5) is 0 Å². The highest BCUT2D eigenvalue weighted by Crippen LogP contribution is 2.42. The molecular formula is C10H13Cl2O2P. The van der Waals surface area contributed by atoms with Crippen molar-refractivity contribution in [3.8, 4) is 0 Å². The van der Waals surface area contributed by atoms with Gasteiger partial charge in [0.15, 0.2) is 8.03 Å². The van der Waals surface area contributed by atoms with Crippen molar-refractivity contribution in [2.24, 2.45) is 0 Å². The number of rotatable bonds is 6. The first kappa shape index (κ1) is 13.1. The number of hydrogen-bond acceptors (Lipinski definition) is 2. The van der Waals surface area contributed by atoms with E-state index in [2.05, 4.69) is 0 Å². The lowest BCUT2D eigenvalue weighted by Crippen LogP contribution is -1.98. The van der Waals surface area contributed by atoms with Crippen LogP contribution >= 0.6 is 31.2 Å². The van der Waals surface area contributed by atoms with Gasteiger partial charge in [0.1, 0.15) is 0 Å². The van der Waals surface area contributed by atoms with E-state index in [0.717, 1.165) is 5.56 Å². The van der Waals surface area contributed by atoms with Crippen LogP contribution in [0.3, 0.4) is 0 Å². The summed E-state index contributed by atoms with van der Waals surface area (Å²) in [5.41, 5.74) is 0.729. The summed E-state index contributed by atoms with van der Waals surface area (Å²) in [6, 6.07) is 9.50. The molecule has 2 atom stereocenters. The molecule has 1 aromatic rings. The fraction of sp³-hybridized carbons (Fsp3) is 0.400. The van der Waals surface area contributed by atoms with Crippen LogP contribution in [0, 0.1) is 0 Å². The highest BCUT2D eigenvalue weighted by Gasteiger charge is 2.17. The van der Waals surface area contributed by atoms with Gasteiger partial charge >= 0.3 is 0 Å². The number of hydrogen-bond donors (Lipinski definition) is 0. The first-order valence-electron chi connectivity index (χ1n) is 4.63. The van der Waals surface area contributed by atoms with Crippen LogP contribution in [0.5, 0.6) is 0 Å². The van der Waals surface area contributed by atoms with Crippen LogP contribution in [0.2, 0.25) is 0 Å². The van der Waals surface area contributed by atoms with E-state index >= 15 is 0 Å². The van der Waals surface area contributed by atoms with Crippen molar-refractivity contribution >= 4 is 31.2 Å². The Bertz CT molecular complexity index is 306. The molecule has 0 spiro atoms. The smallest absolute Gasteiger partial charge is 0.200 e. The minimum atomic E-state index is -2.16. The van der Waals surface area contributed by atoms with Gasteiger partial charge in [0, 0.05) is 11.8 Å². The van der Waals surface area contributed by atoms with E-state index in [1.165, 1.54) is 0 Å². The fourth-order valence-electron chi connectivity index (χ4n) is 1.21. The molecule has 5 heteroatoms. The Morgan fingerprint density at radius 2 is 1.93 bits per heavy atom. The molecule has 0 saturated heterocycles. The van der Waals surface area contributed by atoms with Gasteiger partial charge in [-0.25, -0.2) is 0 Å². The summed E-state index contributed by atoms with van der Waals surface area (Å²) in [7, 11) is -2.16. The molecule has 0 amide bonds. The number of halogens is 2. The van der Waals surface area contributed by atoms with E-state index in [0.29, 0.717) is 18.4 Å². The van der Waals surface area contributed by atoms with E-state index in [4.69, 9.17) is 27.7 Å². The van der Waals surface area contributed by atoms with E-state index in [1.54, 1.807) is 0 Å². The molecule has 0 saturated carbocycles. The zero-order valence-electron chi connectivity index (χ0n) is 8.16. The zero-order chi connectivity index (χ0) is 11.1. The van der Waals surface area contributed by atoms with Crippen molar-refractivity contribution in [1.29, 1.82) is 0 Å². The molecule has 0 aliphatic carbocycles. The Morgan fingerprint density at radius 3 is 2.47 bits per heavy atom. The summed E-state index contributed by atoms with van der Waals surface area (Å²) in [5, 5.41) is 0. The van der Waals surface area contributed by atoms with Crippen molar-refractivity contribution in [3.63, 3.8) is 0 Å². The maximum absolute atomic E-state index is 11.8. The van der Waals surface area contributed by atoms with E-state index < -0.39 is 8.03 Å². The molecule has 2 nitrogen and oxygen atoms in total. The van der Waals surface area contributed by atoms with Gasteiger partial charge < -0.3 is 4.52 Å². The second-order valence-corrected chi connectivity index (χ2v) is 5.28. The molecule has 0 aliphatic rings. The van der Waals surface area contributed by atoms with Crippen molar-refractivity contribution in [1.82, 2.24) is 0 Å². The lowest BCUT2D eigenvalue weighted by Gasteiger charge is -2.13. The van der Waals surface area contributed by atoms with Crippen LogP contribution in [0.1, 0.15) is 11.2 Å². The van der Waals surface area contributed by atoms with Gasteiger partial charge in [-0.05, 0) is 5.56 Å². The monoisotopic (exact) mass is 266 g/mol. The summed E-state index contributed by atoms with van der Waals surface area (Å²) >= 11 is 11.2. The minimum absolute atomic E-state index is 0.221. The van der Waals surface area contributed by atoms with Crippen molar-refractivity contribution in [2.45, 2.75) is 5.66 Å². The summed E-state index contributed by atoms with van der Waals surface area (Å²) in [4.78, 5) is 0. The second kappa shape index (κ2) is 7.29. The Morgan fingerprint density at radius 1 is 1.27 bits per heavy atom. The first-order valence-corrected chi connectivity index (χ1v) is 7.09. The van der Waals surface area contributed by atoms with E-state index in [1.807, 2.05) is 30.3 Å². The van der Waals surface area contributed by atoms with Gasteiger partial charge in [0.25, 0.3) is 0 Å². The minimum Gasteiger partial charge on any atom is -0.329 e. The number of benzene rings is 1. The molecule has 1 rings (SSSR count). The SMILES string of the molecule is O=[PH](OCCCl)C(CCl)c1ccccc1. The van der Waals surface area contributed by atoms with Crippen molar-refractivity contribution in [2.75, 3.05) is 18.4 Å². The third-order valence-corrected chi connectivity index (χ3v) is 4.28. The Labute approximate surface area is 100 Å². The van der Waals surface area contributed by atoms with Crippen LogP contribution < -0.4 is 0 Å². The molecule has 1 aromatic carbocycles. The summed E-state index contributed by atoms with van der Waals surface area (Å²) in [5.74, 6) is 0.643. The molecule has 0 aliphatic heterocycles.